The van der Waals surface area contributed by atoms with Gasteiger partial charge in [0.15, 0.2) is 0 Å². The molecule has 3 nitrogen and oxygen atoms in total. The molecule has 2 aliphatic rings. The monoisotopic (exact) mass is 198 g/mol. The van der Waals surface area contributed by atoms with Crippen LogP contribution in [0, 0.1) is 0 Å². The van der Waals surface area contributed by atoms with Crippen LogP contribution in [0.4, 0.5) is 0 Å². The predicted octanol–water partition coefficient (Wildman–Crippen LogP) is 0.848. The molecule has 2 fully saturated rings. The molecule has 0 aromatic heterocycles. The summed E-state index contributed by atoms with van der Waals surface area (Å²) in [5.41, 5.74) is 0. The number of methoxy groups -OCH3 is 1. The third-order valence-corrected chi connectivity index (χ3v) is 3.44. The van der Waals surface area contributed by atoms with Crippen LogP contribution in [0.15, 0.2) is 0 Å². The highest BCUT2D eigenvalue weighted by molar-refractivity contribution is 4.90. The fraction of sp³-hybridized carbons (Fsp3) is 1.00. The van der Waals surface area contributed by atoms with Gasteiger partial charge in [0.1, 0.15) is 0 Å². The molecule has 1 aliphatic heterocycles. The Labute approximate surface area is 86.8 Å². The van der Waals surface area contributed by atoms with Gasteiger partial charge < -0.3 is 10.1 Å². The quantitative estimate of drug-likeness (QED) is 0.709. The molecule has 2 unspecified atom stereocenters. The highest BCUT2D eigenvalue weighted by Crippen LogP contribution is 2.27. The number of nitrogens with zero attached hydrogens (tertiary/aromatic N) is 1. The fourth-order valence-electron chi connectivity index (χ4n) is 2.36. The second kappa shape index (κ2) is 4.60. The van der Waals surface area contributed by atoms with Crippen LogP contribution in [-0.4, -0.2) is 49.8 Å². The minimum Gasteiger partial charge on any atom is -0.380 e. The number of ether oxygens (including phenoxy) is 1. The minimum atomic E-state index is 0.443. The molecule has 0 aromatic rings. The van der Waals surface area contributed by atoms with Crippen molar-refractivity contribution in [2.75, 3.05) is 26.7 Å². The molecule has 0 aromatic carbocycles. The van der Waals surface area contributed by atoms with Crippen molar-refractivity contribution in [2.24, 2.45) is 0 Å². The standard InChI is InChI=1S/C11H22N2O/c1-3-13(10-4-5-10)8-9-6-11(14-2)7-12-9/h9-12H,3-8H2,1-2H3. The number of rotatable bonds is 5. The van der Waals surface area contributed by atoms with E-state index in [0.717, 1.165) is 12.6 Å². The zero-order valence-electron chi connectivity index (χ0n) is 9.33. The SMILES string of the molecule is CCN(CC1CC(OC)CN1)C1CC1. The van der Waals surface area contributed by atoms with E-state index in [9.17, 15) is 0 Å². The van der Waals surface area contributed by atoms with Gasteiger partial charge in [0.2, 0.25) is 0 Å². The minimum absolute atomic E-state index is 0.443. The highest BCUT2D eigenvalue weighted by atomic mass is 16.5. The summed E-state index contributed by atoms with van der Waals surface area (Å²) in [4.78, 5) is 2.61. The molecule has 0 amide bonds. The molecule has 0 spiro atoms. The Morgan fingerprint density at radius 2 is 2.21 bits per heavy atom. The van der Waals surface area contributed by atoms with Gasteiger partial charge in [-0.1, -0.05) is 6.92 Å². The first-order valence-electron chi connectivity index (χ1n) is 5.83. The summed E-state index contributed by atoms with van der Waals surface area (Å²) in [5, 5.41) is 3.54. The topological polar surface area (TPSA) is 24.5 Å². The Bertz CT molecular complexity index is 182. The molecular formula is C11H22N2O. The van der Waals surface area contributed by atoms with E-state index in [0.29, 0.717) is 12.1 Å². The van der Waals surface area contributed by atoms with Crippen molar-refractivity contribution in [3.8, 4) is 0 Å². The number of likely N-dealkylation sites (N-methyl/N-ethyl adjacent to an activating group) is 1. The van der Waals surface area contributed by atoms with Gasteiger partial charge >= 0.3 is 0 Å². The van der Waals surface area contributed by atoms with E-state index >= 15 is 0 Å². The van der Waals surface area contributed by atoms with Crippen LogP contribution in [0.2, 0.25) is 0 Å². The molecule has 1 N–H and O–H groups in total. The Morgan fingerprint density at radius 1 is 1.43 bits per heavy atom. The second-order valence-corrected chi connectivity index (χ2v) is 4.52. The molecule has 0 bridgehead atoms. The molecule has 2 rings (SSSR count). The normalized spacial score (nSPS) is 32.8. The van der Waals surface area contributed by atoms with Gasteiger partial charge in [0.25, 0.3) is 0 Å². The lowest BCUT2D eigenvalue weighted by atomic mass is 10.2. The summed E-state index contributed by atoms with van der Waals surface area (Å²) < 4.78 is 5.35. The molecule has 2 atom stereocenters. The zero-order valence-corrected chi connectivity index (χ0v) is 9.33. The third-order valence-electron chi connectivity index (χ3n) is 3.44. The maximum atomic E-state index is 5.35. The average molecular weight is 198 g/mol. The fourth-order valence-corrected chi connectivity index (χ4v) is 2.36. The summed E-state index contributed by atoms with van der Waals surface area (Å²) in [6, 6.07) is 1.55. The van der Waals surface area contributed by atoms with Crippen molar-refractivity contribution < 1.29 is 4.74 Å². The Hall–Kier alpha value is -0.120. The largest absolute Gasteiger partial charge is 0.380 e. The third kappa shape index (κ3) is 2.47. The molecule has 0 radical (unpaired) electrons. The van der Waals surface area contributed by atoms with Crippen molar-refractivity contribution in [2.45, 2.75) is 44.4 Å². The van der Waals surface area contributed by atoms with E-state index in [1.54, 1.807) is 0 Å². The molecule has 1 aliphatic carbocycles. The molecule has 1 saturated carbocycles. The van der Waals surface area contributed by atoms with E-state index in [1.807, 2.05) is 7.11 Å². The first-order valence-corrected chi connectivity index (χ1v) is 5.83. The number of nitrogens with one attached hydrogen (secondary N) is 1. The molecule has 1 saturated heterocycles. The molecule has 3 heteroatoms. The lowest BCUT2D eigenvalue weighted by Gasteiger charge is -2.23. The average Bonchev–Trinajstić information content (AvgIpc) is 2.95. The molecule has 1 heterocycles. The first-order chi connectivity index (χ1) is 6.83. The molecule has 14 heavy (non-hydrogen) atoms. The van der Waals surface area contributed by atoms with Gasteiger partial charge in [-0.2, -0.15) is 0 Å². The Balaban J connectivity index is 1.73. The van der Waals surface area contributed by atoms with Gasteiger partial charge in [-0.15, -0.1) is 0 Å². The van der Waals surface area contributed by atoms with Gasteiger partial charge in [-0.3, -0.25) is 4.90 Å². The summed E-state index contributed by atoms with van der Waals surface area (Å²) in [5.74, 6) is 0. The summed E-state index contributed by atoms with van der Waals surface area (Å²) in [6.45, 7) is 5.70. The van der Waals surface area contributed by atoms with Crippen LogP contribution in [-0.2, 0) is 4.74 Å². The van der Waals surface area contributed by atoms with E-state index < -0.39 is 0 Å². The van der Waals surface area contributed by atoms with Crippen LogP contribution < -0.4 is 5.32 Å². The van der Waals surface area contributed by atoms with Crippen LogP contribution in [0.1, 0.15) is 26.2 Å². The van der Waals surface area contributed by atoms with E-state index in [2.05, 4.69) is 17.1 Å². The van der Waals surface area contributed by atoms with Crippen molar-refractivity contribution >= 4 is 0 Å². The Kier molecular flexibility index (Phi) is 3.42. The van der Waals surface area contributed by atoms with Crippen molar-refractivity contribution in [1.82, 2.24) is 10.2 Å². The van der Waals surface area contributed by atoms with E-state index in [-0.39, 0.29) is 0 Å². The van der Waals surface area contributed by atoms with Crippen molar-refractivity contribution in [3.63, 3.8) is 0 Å². The van der Waals surface area contributed by atoms with Crippen LogP contribution in [0.5, 0.6) is 0 Å². The number of hydrogen-bond donors (Lipinski definition) is 1. The van der Waals surface area contributed by atoms with Crippen molar-refractivity contribution in [3.05, 3.63) is 0 Å². The van der Waals surface area contributed by atoms with Crippen LogP contribution in [0.25, 0.3) is 0 Å². The smallest absolute Gasteiger partial charge is 0.0711 e. The maximum Gasteiger partial charge on any atom is 0.0711 e. The lowest BCUT2D eigenvalue weighted by Crippen LogP contribution is -2.38. The summed E-state index contributed by atoms with van der Waals surface area (Å²) >= 11 is 0. The van der Waals surface area contributed by atoms with Gasteiger partial charge in [0, 0.05) is 32.3 Å². The lowest BCUT2D eigenvalue weighted by molar-refractivity contribution is 0.115. The second-order valence-electron chi connectivity index (χ2n) is 4.52. The van der Waals surface area contributed by atoms with Gasteiger partial charge in [-0.05, 0) is 25.8 Å². The molecular weight excluding hydrogens is 176 g/mol. The van der Waals surface area contributed by atoms with Crippen LogP contribution in [0.3, 0.4) is 0 Å². The van der Waals surface area contributed by atoms with Crippen LogP contribution >= 0.6 is 0 Å². The predicted molar refractivity (Wildman–Crippen MR) is 57.5 cm³/mol. The Morgan fingerprint density at radius 3 is 2.71 bits per heavy atom. The number of hydrogen-bond acceptors (Lipinski definition) is 3. The van der Waals surface area contributed by atoms with E-state index in [4.69, 9.17) is 4.74 Å². The van der Waals surface area contributed by atoms with Gasteiger partial charge in [-0.25, -0.2) is 0 Å². The molecule has 82 valence electrons. The van der Waals surface area contributed by atoms with E-state index in [1.165, 1.54) is 32.4 Å². The summed E-state index contributed by atoms with van der Waals surface area (Å²) in [7, 11) is 1.81. The summed E-state index contributed by atoms with van der Waals surface area (Å²) in [6.07, 6.45) is 4.44. The highest BCUT2D eigenvalue weighted by Gasteiger charge is 2.31. The zero-order chi connectivity index (χ0) is 9.97. The maximum absolute atomic E-state index is 5.35. The van der Waals surface area contributed by atoms with Crippen molar-refractivity contribution in [1.29, 1.82) is 0 Å². The van der Waals surface area contributed by atoms with Gasteiger partial charge in [0.05, 0.1) is 6.10 Å². The first kappa shape index (κ1) is 10.4.